The lowest BCUT2D eigenvalue weighted by Crippen LogP contribution is -2.63. The van der Waals surface area contributed by atoms with E-state index < -0.39 is 6.10 Å². The number of benzene rings is 1. The van der Waals surface area contributed by atoms with Crippen LogP contribution in [0.2, 0.25) is 0 Å². The second kappa shape index (κ2) is 10.7. The standard InChI is InChI=1S/C36H57NO3/c1-25(2)12-11-13-26(3)29-16-20-34(7)32(29,5)22-23-35-33(6,30(27(4)38)17-21-36(34,35)40-35)19-18-31(39)37-24-28-14-9-8-10-15-28/h8-10,14-15,25-27,29-30,38H,11-13,16-24H2,1-7H3,(H,37,39)/t26-,27-,29+,30-,32+,33-,34+,35-,36-/m0/s1. The molecule has 5 rings (SSSR count). The van der Waals surface area contributed by atoms with Gasteiger partial charge in [-0.05, 0) is 86.5 Å². The minimum atomic E-state index is -0.396. The Morgan fingerprint density at radius 1 is 0.950 bits per heavy atom. The van der Waals surface area contributed by atoms with E-state index in [0.29, 0.717) is 13.0 Å². The summed E-state index contributed by atoms with van der Waals surface area (Å²) in [6, 6.07) is 10.1. The number of epoxide rings is 1. The molecule has 0 unspecified atom stereocenters. The third-order valence-electron chi connectivity index (χ3n) is 13.3. The Kier molecular flexibility index (Phi) is 8.05. The smallest absolute Gasteiger partial charge is 0.220 e. The molecule has 4 aliphatic rings. The van der Waals surface area contributed by atoms with Crippen molar-refractivity contribution in [3.63, 3.8) is 0 Å². The summed E-state index contributed by atoms with van der Waals surface area (Å²) in [5.74, 6) is 2.55. The molecule has 3 aliphatic carbocycles. The fourth-order valence-electron chi connectivity index (χ4n) is 10.9. The summed E-state index contributed by atoms with van der Waals surface area (Å²) >= 11 is 0. The summed E-state index contributed by atoms with van der Waals surface area (Å²) in [4.78, 5) is 13.1. The fourth-order valence-corrected chi connectivity index (χ4v) is 10.9. The van der Waals surface area contributed by atoms with Gasteiger partial charge in [-0.3, -0.25) is 4.79 Å². The van der Waals surface area contributed by atoms with Crippen LogP contribution in [-0.4, -0.2) is 28.3 Å². The van der Waals surface area contributed by atoms with Crippen LogP contribution in [0.15, 0.2) is 30.3 Å². The molecule has 1 aromatic carbocycles. The van der Waals surface area contributed by atoms with E-state index >= 15 is 0 Å². The van der Waals surface area contributed by atoms with E-state index in [1.165, 1.54) is 38.5 Å². The molecule has 1 amide bonds. The van der Waals surface area contributed by atoms with Crippen molar-refractivity contribution in [2.24, 2.45) is 39.9 Å². The summed E-state index contributed by atoms with van der Waals surface area (Å²) in [5.41, 5.74) is 1.02. The molecule has 4 fully saturated rings. The molecule has 1 aromatic rings. The minimum absolute atomic E-state index is 0.102. The lowest BCUT2D eigenvalue weighted by Gasteiger charge is -2.60. The van der Waals surface area contributed by atoms with Crippen LogP contribution in [0.25, 0.3) is 0 Å². The first-order valence-electron chi connectivity index (χ1n) is 16.5. The Hall–Kier alpha value is -1.39. The molecule has 9 atom stereocenters. The molecule has 0 spiro atoms. The Morgan fingerprint density at radius 3 is 2.33 bits per heavy atom. The van der Waals surface area contributed by atoms with Crippen LogP contribution in [0.4, 0.5) is 0 Å². The predicted molar refractivity (Wildman–Crippen MR) is 163 cm³/mol. The van der Waals surface area contributed by atoms with Crippen molar-refractivity contribution < 1.29 is 14.6 Å². The van der Waals surface area contributed by atoms with Crippen LogP contribution in [0, 0.1) is 39.9 Å². The van der Waals surface area contributed by atoms with Crippen molar-refractivity contribution in [3.8, 4) is 0 Å². The van der Waals surface area contributed by atoms with Crippen molar-refractivity contribution in [1.82, 2.24) is 5.32 Å². The highest BCUT2D eigenvalue weighted by Crippen LogP contribution is 2.84. The number of rotatable bonds is 11. The second-order valence-electron chi connectivity index (χ2n) is 15.5. The van der Waals surface area contributed by atoms with Crippen LogP contribution >= 0.6 is 0 Å². The lowest BCUT2D eigenvalue weighted by molar-refractivity contribution is -0.126. The highest BCUT2D eigenvalue weighted by molar-refractivity contribution is 5.76. The van der Waals surface area contributed by atoms with Gasteiger partial charge in [0.05, 0.1) is 6.10 Å². The van der Waals surface area contributed by atoms with Crippen LogP contribution < -0.4 is 5.32 Å². The third-order valence-corrected chi connectivity index (χ3v) is 13.3. The van der Waals surface area contributed by atoms with Gasteiger partial charge in [0.15, 0.2) is 0 Å². The highest BCUT2D eigenvalue weighted by atomic mass is 16.6. The molecule has 2 N–H and O–H groups in total. The van der Waals surface area contributed by atoms with E-state index in [0.717, 1.165) is 49.0 Å². The van der Waals surface area contributed by atoms with Gasteiger partial charge < -0.3 is 15.2 Å². The Balaban J connectivity index is 1.34. The minimum Gasteiger partial charge on any atom is -0.393 e. The number of carbonyl (C=O) groups is 1. The van der Waals surface area contributed by atoms with E-state index in [2.05, 4.69) is 59.0 Å². The summed E-state index contributed by atoms with van der Waals surface area (Å²) < 4.78 is 7.25. The van der Waals surface area contributed by atoms with E-state index in [1.807, 2.05) is 25.1 Å². The van der Waals surface area contributed by atoms with Crippen molar-refractivity contribution in [1.29, 1.82) is 0 Å². The number of fused-ring (bicyclic) bond motifs is 1. The van der Waals surface area contributed by atoms with Crippen LogP contribution in [0.5, 0.6) is 0 Å². The molecular weight excluding hydrogens is 494 g/mol. The zero-order valence-electron chi connectivity index (χ0n) is 26.5. The molecule has 4 nitrogen and oxygen atoms in total. The molecule has 224 valence electrons. The van der Waals surface area contributed by atoms with E-state index in [4.69, 9.17) is 4.74 Å². The molecule has 0 aromatic heterocycles. The number of carbonyl (C=O) groups excluding carboxylic acids is 1. The molecule has 1 heterocycles. The molecule has 0 radical (unpaired) electrons. The molecule has 4 heteroatoms. The summed E-state index contributed by atoms with van der Waals surface area (Å²) in [5, 5.41) is 14.2. The zero-order chi connectivity index (χ0) is 29.0. The van der Waals surface area contributed by atoms with Crippen molar-refractivity contribution in [2.75, 3.05) is 0 Å². The summed E-state index contributed by atoms with van der Waals surface area (Å²) in [6.07, 6.45) is 11.7. The molecular formula is C36H57NO3. The number of ether oxygens (including phenoxy) is 1. The normalized spacial score (nSPS) is 41.5. The molecule has 40 heavy (non-hydrogen) atoms. The molecule has 1 saturated heterocycles. The van der Waals surface area contributed by atoms with Gasteiger partial charge in [0.1, 0.15) is 11.2 Å². The zero-order valence-corrected chi connectivity index (χ0v) is 26.5. The maximum absolute atomic E-state index is 13.1. The number of amides is 1. The number of aliphatic hydroxyl groups is 1. The van der Waals surface area contributed by atoms with Crippen LogP contribution in [0.3, 0.4) is 0 Å². The third kappa shape index (κ3) is 4.41. The van der Waals surface area contributed by atoms with Gasteiger partial charge in [0.2, 0.25) is 5.91 Å². The van der Waals surface area contributed by atoms with Gasteiger partial charge in [-0.25, -0.2) is 0 Å². The van der Waals surface area contributed by atoms with Gasteiger partial charge in [-0.1, -0.05) is 91.1 Å². The Bertz CT molecular complexity index is 1060. The number of aliphatic hydroxyl groups excluding tert-OH is 1. The molecule has 0 bridgehead atoms. The first-order chi connectivity index (χ1) is 18.9. The van der Waals surface area contributed by atoms with Crippen LogP contribution in [0.1, 0.15) is 125 Å². The van der Waals surface area contributed by atoms with Gasteiger partial charge in [0, 0.05) is 23.8 Å². The lowest BCUT2D eigenvalue weighted by atomic mass is 9.41. The predicted octanol–water partition coefficient (Wildman–Crippen LogP) is 8.07. The van der Waals surface area contributed by atoms with Crippen molar-refractivity contribution in [2.45, 2.75) is 143 Å². The fraction of sp³-hybridized carbons (Fsp3) is 0.806. The maximum atomic E-state index is 13.1. The second-order valence-corrected chi connectivity index (χ2v) is 15.5. The topological polar surface area (TPSA) is 61.9 Å². The average molecular weight is 552 g/mol. The summed E-state index contributed by atoms with van der Waals surface area (Å²) in [7, 11) is 0. The average Bonchev–Trinajstić information content (AvgIpc) is 3.55. The highest BCUT2D eigenvalue weighted by Gasteiger charge is 2.89. The van der Waals surface area contributed by atoms with Crippen LogP contribution in [-0.2, 0) is 16.1 Å². The molecule has 1 aliphatic heterocycles. The van der Waals surface area contributed by atoms with Crippen molar-refractivity contribution >= 4 is 5.91 Å². The monoisotopic (exact) mass is 551 g/mol. The first kappa shape index (κ1) is 30.1. The Morgan fingerprint density at radius 2 is 1.65 bits per heavy atom. The number of nitrogens with one attached hydrogen (secondary N) is 1. The van der Waals surface area contributed by atoms with E-state index in [9.17, 15) is 9.90 Å². The molecule has 3 saturated carbocycles. The largest absolute Gasteiger partial charge is 0.393 e. The van der Waals surface area contributed by atoms with Gasteiger partial charge in [-0.15, -0.1) is 0 Å². The van der Waals surface area contributed by atoms with Gasteiger partial charge >= 0.3 is 0 Å². The quantitative estimate of drug-likeness (QED) is 0.273. The van der Waals surface area contributed by atoms with Gasteiger partial charge in [0.25, 0.3) is 0 Å². The van der Waals surface area contributed by atoms with E-state index in [-0.39, 0.29) is 39.3 Å². The van der Waals surface area contributed by atoms with Crippen molar-refractivity contribution in [3.05, 3.63) is 35.9 Å². The van der Waals surface area contributed by atoms with E-state index in [1.54, 1.807) is 0 Å². The Labute approximate surface area is 244 Å². The SMILES string of the molecule is CC(C)CCC[C@H](C)[C@H]1CC[C@@]2(C)[C@@]34CC[C@@H]([C@H](C)O)[C@](C)(CCC(=O)NCc5ccccc5)[C@]3(CC[C@]12C)O4. The number of hydrogen-bond donors (Lipinski definition) is 2. The summed E-state index contributed by atoms with van der Waals surface area (Å²) in [6.45, 7) is 17.3. The maximum Gasteiger partial charge on any atom is 0.220 e. The van der Waals surface area contributed by atoms with Gasteiger partial charge in [-0.2, -0.15) is 0 Å². The number of hydrogen-bond acceptors (Lipinski definition) is 3. The first-order valence-corrected chi connectivity index (χ1v) is 16.5.